The molecule has 1 aromatic heterocycles. The van der Waals surface area contributed by atoms with Gasteiger partial charge in [0.05, 0.1) is 25.5 Å². The van der Waals surface area contributed by atoms with Crippen LogP contribution in [0.3, 0.4) is 0 Å². The van der Waals surface area contributed by atoms with Crippen LogP contribution in [0, 0.1) is 5.92 Å². The van der Waals surface area contributed by atoms with Gasteiger partial charge in [0.25, 0.3) is 0 Å². The lowest BCUT2D eigenvalue weighted by atomic mass is 9.84. The molecule has 5 nitrogen and oxygen atoms in total. The first-order valence-corrected chi connectivity index (χ1v) is 7.17. The Hall–Kier alpha value is -1.07. The number of rotatable bonds is 5. The molecule has 0 radical (unpaired) electrons. The van der Waals surface area contributed by atoms with Crippen molar-refractivity contribution in [2.45, 2.75) is 57.5 Å². The van der Waals surface area contributed by atoms with Gasteiger partial charge in [-0.05, 0) is 25.7 Å². The van der Waals surface area contributed by atoms with Crippen LogP contribution in [0.25, 0.3) is 0 Å². The fourth-order valence-electron chi connectivity index (χ4n) is 3.44. The summed E-state index contributed by atoms with van der Waals surface area (Å²) in [4.78, 5) is 0. The van der Waals surface area contributed by atoms with Gasteiger partial charge in [-0.2, -0.15) is 5.10 Å². The van der Waals surface area contributed by atoms with E-state index in [1.54, 1.807) is 13.3 Å². The molecule has 19 heavy (non-hydrogen) atoms. The minimum atomic E-state index is -0.542. The van der Waals surface area contributed by atoms with Crippen molar-refractivity contribution in [3.63, 3.8) is 0 Å². The number of aromatic nitrogens is 2. The first-order valence-electron chi connectivity index (χ1n) is 7.17. The Morgan fingerprint density at radius 2 is 2.42 bits per heavy atom. The van der Waals surface area contributed by atoms with E-state index in [2.05, 4.69) is 12.0 Å². The number of hydrogen-bond donors (Lipinski definition) is 1. The zero-order valence-electron chi connectivity index (χ0n) is 11.6. The lowest BCUT2D eigenvalue weighted by Crippen LogP contribution is -2.26. The van der Waals surface area contributed by atoms with E-state index >= 15 is 0 Å². The van der Waals surface area contributed by atoms with Gasteiger partial charge in [-0.1, -0.05) is 6.92 Å². The van der Waals surface area contributed by atoms with Crippen LogP contribution in [0.5, 0.6) is 5.75 Å². The maximum atomic E-state index is 10.7. The lowest BCUT2D eigenvalue weighted by Gasteiger charge is -2.25. The molecule has 0 spiro atoms. The highest BCUT2D eigenvalue weighted by Gasteiger charge is 2.45. The standard InChI is InChI=1S/C14H22N2O3/c1-3-6-16-13(12(18-2)8-15-16)14(17)10-7-9-4-5-11(10)19-9/h8-11,14,17H,3-7H2,1-2H3. The molecule has 0 aromatic carbocycles. The van der Waals surface area contributed by atoms with Gasteiger partial charge in [0.1, 0.15) is 11.8 Å². The highest BCUT2D eigenvalue weighted by Crippen LogP contribution is 2.46. The number of ether oxygens (including phenoxy) is 2. The van der Waals surface area contributed by atoms with Crippen molar-refractivity contribution in [2.24, 2.45) is 5.92 Å². The van der Waals surface area contributed by atoms with Gasteiger partial charge in [0.15, 0.2) is 5.75 Å². The minimum Gasteiger partial charge on any atom is -0.493 e. The van der Waals surface area contributed by atoms with Crippen molar-refractivity contribution >= 4 is 0 Å². The fraction of sp³-hybridized carbons (Fsp3) is 0.786. The Morgan fingerprint density at radius 1 is 1.58 bits per heavy atom. The van der Waals surface area contributed by atoms with Crippen molar-refractivity contribution in [1.82, 2.24) is 9.78 Å². The van der Waals surface area contributed by atoms with E-state index < -0.39 is 6.10 Å². The molecule has 3 heterocycles. The van der Waals surface area contributed by atoms with E-state index in [-0.39, 0.29) is 12.0 Å². The number of fused-ring (bicyclic) bond motifs is 2. The highest BCUT2D eigenvalue weighted by molar-refractivity contribution is 5.28. The summed E-state index contributed by atoms with van der Waals surface area (Å²) in [5.74, 6) is 0.865. The van der Waals surface area contributed by atoms with Crippen molar-refractivity contribution in [2.75, 3.05) is 7.11 Å². The Morgan fingerprint density at radius 3 is 3.00 bits per heavy atom. The number of aryl methyl sites for hydroxylation is 1. The van der Waals surface area contributed by atoms with Crippen LogP contribution in [0.15, 0.2) is 6.20 Å². The summed E-state index contributed by atoms with van der Waals surface area (Å²) < 4.78 is 13.1. The third kappa shape index (κ3) is 2.15. The first kappa shape index (κ1) is 12.9. The van der Waals surface area contributed by atoms with Gasteiger partial charge in [-0.3, -0.25) is 4.68 Å². The molecule has 4 unspecified atom stereocenters. The third-order valence-electron chi connectivity index (χ3n) is 4.34. The van der Waals surface area contributed by atoms with E-state index in [0.29, 0.717) is 11.9 Å². The smallest absolute Gasteiger partial charge is 0.162 e. The first-order chi connectivity index (χ1) is 9.24. The molecular weight excluding hydrogens is 244 g/mol. The second-order valence-electron chi connectivity index (χ2n) is 5.54. The van der Waals surface area contributed by atoms with E-state index in [9.17, 15) is 5.11 Å². The van der Waals surface area contributed by atoms with Crippen molar-refractivity contribution in [1.29, 1.82) is 0 Å². The van der Waals surface area contributed by atoms with E-state index in [0.717, 1.165) is 37.9 Å². The van der Waals surface area contributed by atoms with Crippen LogP contribution in [0.1, 0.15) is 44.4 Å². The fourth-order valence-corrected chi connectivity index (χ4v) is 3.44. The summed E-state index contributed by atoms with van der Waals surface area (Å²) in [5.41, 5.74) is 0.811. The Kier molecular flexibility index (Phi) is 3.50. The van der Waals surface area contributed by atoms with Gasteiger partial charge < -0.3 is 14.6 Å². The minimum absolute atomic E-state index is 0.181. The quantitative estimate of drug-likeness (QED) is 0.884. The normalized spacial score (nSPS) is 30.8. The summed E-state index contributed by atoms with van der Waals surface area (Å²) in [6, 6.07) is 0. The van der Waals surface area contributed by atoms with Gasteiger partial charge in [-0.25, -0.2) is 0 Å². The molecule has 3 rings (SSSR count). The SMILES string of the molecule is CCCn1ncc(OC)c1C(O)C1CC2CCC1O2. The predicted octanol–water partition coefficient (Wildman–Crippen LogP) is 1.90. The maximum Gasteiger partial charge on any atom is 0.162 e. The molecular formula is C14H22N2O3. The monoisotopic (exact) mass is 266 g/mol. The second-order valence-corrected chi connectivity index (χ2v) is 5.54. The Labute approximate surface area is 113 Å². The van der Waals surface area contributed by atoms with Gasteiger partial charge in [-0.15, -0.1) is 0 Å². The Balaban J connectivity index is 1.85. The number of nitrogens with zero attached hydrogens (tertiary/aromatic N) is 2. The molecule has 4 atom stereocenters. The number of aliphatic hydroxyl groups is 1. The number of aliphatic hydroxyl groups excluding tert-OH is 1. The maximum absolute atomic E-state index is 10.7. The van der Waals surface area contributed by atoms with Crippen molar-refractivity contribution in [3.8, 4) is 5.75 Å². The molecule has 2 fully saturated rings. The molecule has 106 valence electrons. The van der Waals surface area contributed by atoms with Crippen LogP contribution in [0.4, 0.5) is 0 Å². The summed E-state index contributed by atoms with van der Waals surface area (Å²) in [6.45, 7) is 2.91. The average molecular weight is 266 g/mol. The summed E-state index contributed by atoms with van der Waals surface area (Å²) in [6.07, 6.45) is 5.84. The van der Waals surface area contributed by atoms with Crippen LogP contribution in [-0.4, -0.2) is 34.2 Å². The van der Waals surface area contributed by atoms with Gasteiger partial charge >= 0.3 is 0 Å². The van der Waals surface area contributed by atoms with E-state index in [1.807, 2.05) is 4.68 Å². The molecule has 0 amide bonds. The van der Waals surface area contributed by atoms with Gasteiger partial charge in [0.2, 0.25) is 0 Å². The molecule has 1 N–H and O–H groups in total. The molecule has 2 bridgehead atoms. The third-order valence-corrected chi connectivity index (χ3v) is 4.34. The number of methoxy groups -OCH3 is 1. The lowest BCUT2D eigenvalue weighted by molar-refractivity contribution is 0.0368. The highest BCUT2D eigenvalue weighted by atomic mass is 16.5. The van der Waals surface area contributed by atoms with Crippen LogP contribution < -0.4 is 4.74 Å². The molecule has 1 aromatic rings. The summed E-state index contributed by atoms with van der Waals surface area (Å²) in [7, 11) is 1.63. The van der Waals surface area contributed by atoms with Crippen LogP contribution in [-0.2, 0) is 11.3 Å². The van der Waals surface area contributed by atoms with Crippen molar-refractivity contribution in [3.05, 3.63) is 11.9 Å². The number of hydrogen-bond acceptors (Lipinski definition) is 4. The zero-order valence-corrected chi connectivity index (χ0v) is 11.6. The molecule has 0 saturated carbocycles. The molecule has 0 aliphatic carbocycles. The predicted molar refractivity (Wildman–Crippen MR) is 70.0 cm³/mol. The van der Waals surface area contributed by atoms with Crippen LogP contribution >= 0.6 is 0 Å². The largest absolute Gasteiger partial charge is 0.493 e. The van der Waals surface area contributed by atoms with E-state index in [1.165, 1.54) is 0 Å². The van der Waals surface area contributed by atoms with E-state index in [4.69, 9.17) is 9.47 Å². The van der Waals surface area contributed by atoms with Crippen LogP contribution in [0.2, 0.25) is 0 Å². The second kappa shape index (κ2) is 5.13. The molecule has 5 heteroatoms. The zero-order chi connectivity index (χ0) is 13.4. The van der Waals surface area contributed by atoms with Gasteiger partial charge in [0, 0.05) is 12.5 Å². The topological polar surface area (TPSA) is 56.5 Å². The molecule has 2 aliphatic rings. The molecule has 2 saturated heterocycles. The molecule has 2 aliphatic heterocycles. The average Bonchev–Trinajstić information content (AvgIpc) is 3.12. The Bertz CT molecular complexity index is 446. The summed E-state index contributed by atoms with van der Waals surface area (Å²) in [5, 5.41) is 15.1. The van der Waals surface area contributed by atoms with Crippen molar-refractivity contribution < 1.29 is 14.6 Å². The summed E-state index contributed by atoms with van der Waals surface area (Å²) >= 11 is 0.